The zero-order valence-electron chi connectivity index (χ0n) is 12.7. The molecule has 2 fully saturated rings. The van der Waals surface area contributed by atoms with E-state index in [2.05, 4.69) is 25.2 Å². The van der Waals surface area contributed by atoms with E-state index in [-0.39, 0.29) is 11.2 Å². The van der Waals surface area contributed by atoms with Crippen molar-refractivity contribution in [3.63, 3.8) is 0 Å². The standard InChI is InChI=1S/C18H26FN/c1-14(2)20-13-18(15-6-5-7-16(19)10-15)11-17(12-18)8-3-4-9-17/h5-7,10,14,20H,3-4,8-9,11-13H2,1-2H3. The molecule has 1 aromatic rings. The van der Waals surface area contributed by atoms with Gasteiger partial charge in [0, 0.05) is 18.0 Å². The van der Waals surface area contributed by atoms with E-state index in [4.69, 9.17) is 0 Å². The Morgan fingerprint density at radius 3 is 2.50 bits per heavy atom. The van der Waals surface area contributed by atoms with Gasteiger partial charge in [0.2, 0.25) is 0 Å². The summed E-state index contributed by atoms with van der Waals surface area (Å²) in [5, 5.41) is 3.59. The quantitative estimate of drug-likeness (QED) is 0.858. The van der Waals surface area contributed by atoms with Crippen molar-refractivity contribution < 1.29 is 4.39 Å². The van der Waals surface area contributed by atoms with E-state index in [1.165, 1.54) is 44.1 Å². The summed E-state index contributed by atoms with van der Waals surface area (Å²) in [7, 11) is 0. The summed E-state index contributed by atoms with van der Waals surface area (Å²) in [6, 6.07) is 7.77. The van der Waals surface area contributed by atoms with E-state index in [0.717, 1.165) is 6.54 Å². The number of rotatable bonds is 4. The third-order valence-electron chi connectivity index (χ3n) is 5.38. The lowest BCUT2D eigenvalue weighted by atomic mass is 9.49. The summed E-state index contributed by atoms with van der Waals surface area (Å²) >= 11 is 0. The molecule has 0 aliphatic heterocycles. The highest BCUT2D eigenvalue weighted by Gasteiger charge is 2.55. The minimum absolute atomic E-state index is 0.0983. The Kier molecular flexibility index (Phi) is 3.62. The van der Waals surface area contributed by atoms with Crippen molar-refractivity contribution in [2.75, 3.05) is 6.54 Å². The lowest BCUT2D eigenvalue weighted by Gasteiger charge is -2.56. The number of hydrogen-bond donors (Lipinski definition) is 1. The Hall–Kier alpha value is -0.890. The summed E-state index contributed by atoms with van der Waals surface area (Å²) in [6.45, 7) is 5.35. The normalized spacial score (nSPS) is 23.2. The molecular formula is C18H26FN. The van der Waals surface area contributed by atoms with E-state index >= 15 is 0 Å². The van der Waals surface area contributed by atoms with Crippen LogP contribution in [0.5, 0.6) is 0 Å². The second-order valence-corrected chi connectivity index (χ2v) is 7.39. The molecule has 0 unspecified atom stereocenters. The zero-order valence-corrected chi connectivity index (χ0v) is 12.7. The minimum atomic E-state index is -0.0983. The van der Waals surface area contributed by atoms with Crippen LogP contribution in [0.1, 0.15) is 57.9 Å². The van der Waals surface area contributed by atoms with Crippen LogP contribution >= 0.6 is 0 Å². The van der Waals surface area contributed by atoms with E-state index < -0.39 is 0 Å². The van der Waals surface area contributed by atoms with Gasteiger partial charge in [-0.1, -0.05) is 38.8 Å². The van der Waals surface area contributed by atoms with Gasteiger partial charge in [0.05, 0.1) is 0 Å². The summed E-state index contributed by atoms with van der Waals surface area (Å²) < 4.78 is 13.6. The van der Waals surface area contributed by atoms with Gasteiger partial charge in [-0.3, -0.25) is 0 Å². The summed E-state index contributed by atoms with van der Waals surface area (Å²) in [6.07, 6.45) is 8.01. The molecule has 2 aliphatic rings. The smallest absolute Gasteiger partial charge is 0.123 e. The third-order valence-corrected chi connectivity index (χ3v) is 5.38. The molecular weight excluding hydrogens is 249 g/mol. The molecule has 0 atom stereocenters. The summed E-state index contributed by atoms with van der Waals surface area (Å²) in [5.74, 6) is -0.0983. The molecule has 0 bridgehead atoms. The number of nitrogens with one attached hydrogen (secondary N) is 1. The molecule has 0 saturated heterocycles. The molecule has 1 nitrogen and oxygen atoms in total. The van der Waals surface area contributed by atoms with Crippen molar-refractivity contribution in [2.24, 2.45) is 5.41 Å². The van der Waals surface area contributed by atoms with Gasteiger partial charge in [-0.25, -0.2) is 4.39 Å². The van der Waals surface area contributed by atoms with Gasteiger partial charge in [-0.15, -0.1) is 0 Å². The van der Waals surface area contributed by atoms with Crippen LogP contribution in [0.3, 0.4) is 0 Å². The molecule has 0 aromatic heterocycles. The van der Waals surface area contributed by atoms with Gasteiger partial charge in [-0.2, -0.15) is 0 Å². The Morgan fingerprint density at radius 1 is 1.20 bits per heavy atom. The van der Waals surface area contributed by atoms with Gasteiger partial charge in [0.25, 0.3) is 0 Å². The molecule has 1 aromatic carbocycles. The van der Waals surface area contributed by atoms with Gasteiger partial charge >= 0.3 is 0 Å². The van der Waals surface area contributed by atoms with Crippen LogP contribution in [-0.2, 0) is 5.41 Å². The second kappa shape index (κ2) is 5.14. The Bertz CT molecular complexity index is 466. The number of halogens is 1. The molecule has 110 valence electrons. The first kappa shape index (κ1) is 14.1. The molecule has 2 saturated carbocycles. The Balaban J connectivity index is 1.82. The highest BCUT2D eigenvalue weighted by molar-refractivity contribution is 5.32. The van der Waals surface area contributed by atoms with Crippen LogP contribution in [0.2, 0.25) is 0 Å². The fourth-order valence-electron chi connectivity index (χ4n) is 4.51. The van der Waals surface area contributed by atoms with Crippen LogP contribution < -0.4 is 5.32 Å². The van der Waals surface area contributed by atoms with Crippen LogP contribution in [-0.4, -0.2) is 12.6 Å². The van der Waals surface area contributed by atoms with Gasteiger partial charge in [0.1, 0.15) is 5.82 Å². The molecule has 3 rings (SSSR count). The van der Waals surface area contributed by atoms with Crippen molar-refractivity contribution >= 4 is 0 Å². The molecule has 0 heterocycles. The second-order valence-electron chi connectivity index (χ2n) is 7.39. The van der Waals surface area contributed by atoms with Crippen molar-refractivity contribution in [3.05, 3.63) is 35.6 Å². The maximum Gasteiger partial charge on any atom is 0.123 e. The average Bonchev–Trinajstić information content (AvgIpc) is 2.83. The van der Waals surface area contributed by atoms with Crippen molar-refractivity contribution in [2.45, 2.75) is 63.8 Å². The van der Waals surface area contributed by atoms with Gasteiger partial charge in [-0.05, 0) is 48.8 Å². The molecule has 20 heavy (non-hydrogen) atoms. The molecule has 0 amide bonds. The summed E-state index contributed by atoms with van der Waals surface area (Å²) in [5.41, 5.74) is 1.94. The molecule has 1 spiro atoms. The average molecular weight is 275 g/mol. The Labute approximate surface area is 122 Å². The van der Waals surface area contributed by atoms with E-state index in [1.807, 2.05) is 6.07 Å². The lowest BCUT2D eigenvalue weighted by Crippen LogP contribution is -2.54. The maximum absolute atomic E-state index is 13.6. The lowest BCUT2D eigenvalue weighted by molar-refractivity contribution is 0.0256. The van der Waals surface area contributed by atoms with E-state index in [1.54, 1.807) is 12.1 Å². The molecule has 2 heteroatoms. The number of hydrogen-bond acceptors (Lipinski definition) is 1. The highest BCUT2D eigenvalue weighted by atomic mass is 19.1. The zero-order chi connectivity index (χ0) is 14.2. The monoisotopic (exact) mass is 275 g/mol. The highest BCUT2D eigenvalue weighted by Crippen LogP contribution is 2.62. The SMILES string of the molecule is CC(C)NCC1(c2cccc(F)c2)CC2(CCCC2)C1. The molecule has 2 aliphatic carbocycles. The van der Waals surface area contributed by atoms with Crippen LogP contribution in [0.25, 0.3) is 0 Å². The fourth-order valence-corrected chi connectivity index (χ4v) is 4.51. The topological polar surface area (TPSA) is 12.0 Å². The van der Waals surface area contributed by atoms with Gasteiger partial charge < -0.3 is 5.32 Å². The van der Waals surface area contributed by atoms with Crippen LogP contribution in [0.4, 0.5) is 4.39 Å². The minimum Gasteiger partial charge on any atom is -0.314 e. The van der Waals surface area contributed by atoms with Crippen LogP contribution in [0, 0.1) is 11.2 Å². The van der Waals surface area contributed by atoms with Crippen molar-refractivity contribution in [3.8, 4) is 0 Å². The molecule has 0 radical (unpaired) electrons. The van der Waals surface area contributed by atoms with Crippen molar-refractivity contribution in [1.82, 2.24) is 5.32 Å². The van der Waals surface area contributed by atoms with Gasteiger partial charge in [0.15, 0.2) is 0 Å². The molecule has 1 N–H and O–H groups in total. The number of benzene rings is 1. The van der Waals surface area contributed by atoms with Crippen LogP contribution in [0.15, 0.2) is 24.3 Å². The first-order valence-electron chi connectivity index (χ1n) is 8.03. The first-order valence-corrected chi connectivity index (χ1v) is 8.03. The predicted molar refractivity (Wildman–Crippen MR) is 81.4 cm³/mol. The van der Waals surface area contributed by atoms with E-state index in [9.17, 15) is 4.39 Å². The van der Waals surface area contributed by atoms with E-state index in [0.29, 0.717) is 11.5 Å². The Morgan fingerprint density at radius 2 is 1.90 bits per heavy atom. The third kappa shape index (κ3) is 2.50. The maximum atomic E-state index is 13.6. The summed E-state index contributed by atoms with van der Waals surface area (Å²) in [4.78, 5) is 0. The first-order chi connectivity index (χ1) is 9.54. The largest absolute Gasteiger partial charge is 0.314 e. The predicted octanol–water partition coefficient (Wildman–Crippen LogP) is 4.42. The fraction of sp³-hybridized carbons (Fsp3) is 0.667. The van der Waals surface area contributed by atoms with Crippen molar-refractivity contribution in [1.29, 1.82) is 0 Å².